The molecule has 1 fully saturated rings. The van der Waals surface area contributed by atoms with E-state index in [2.05, 4.69) is 9.71 Å². The third-order valence-corrected chi connectivity index (χ3v) is 10.7. The minimum atomic E-state index is -3.97. The van der Waals surface area contributed by atoms with Gasteiger partial charge in [0.05, 0.1) is 20.3 Å². The summed E-state index contributed by atoms with van der Waals surface area (Å²) in [6.07, 6.45) is 7.30. The van der Waals surface area contributed by atoms with Crippen molar-refractivity contribution in [3.63, 3.8) is 0 Å². The van der Waals surface area contributed by atoms with Gasteiger partial charge in [-0.25, -0.2) is 21.6 Å². The normalized spacial score (nSPS) is 16.8. The lowest BCUT2D eigenvalue weighted by molar-refractivity contribution is -0.0215. The highest BCUT2D eigenvalue weighted by molar-refractivity contribution is 7.91. The predicted octanol–water partition coefficient (Wildman–Crippen LogP) is 4.53. The first kappa shape index (κ1) is 27.4. The molecule has 3 aromatic rings. The second-order valence-electron chi connectivity index (χ2n) is 9.91. The molecule has 2 aromatic carbocycles. The van der Waals surface area contributed by atoms with E-state index in [1.807, 2.05) is 12.1 Å². The van der Waals surface area contributed by atoms with Gasteiger partial charge in [-0.05, 0) is 80.1 Å². The fraction of sp³-hybridized carbons (Fsp3) is 0.393. The van der Waals surface area contributed by atoms with Gasteiger partial charge in [-0.15, -0.1) is 0 Å². The van der Waals surface area contributed by atoms with Crippen LogP contribution in [0.3, 0.4) is 0 Å². The molecule has 1 aliphatic rings. The first-order chi connectivity index (χ1) is 17.5. The Balaban J connectivity index is 1.55. The van der Waals surface area contributed by atoms with Gasteiger partial charge in [-0.3, -0.25) is 4.98 Å². The van der Waals surface area contributed by atoms with E-state index in [1.165, 1.54) is 36.8 Å². The summed E-state index contributed by atoms with van der Waals surface area (Å²) < 4.78 is 55.4. The number of hydrogen-bond acceptors (Lipinski definition) is 6. The largest absolute Gasteiger partial charge is 0.385 e. The third-order valence-electron chi connectivity index (χ3n) is 7.31. The number of aromatic nitrogens is 1. The molecule has 0 amide bonds. The lowest BCUT2D eigenvalue weighted by Crippen LogP contribution is -2.33. The SMILES string of the molecule is Cc1ccc(S(=O)(=O)c2ccc(C(C)(O)C3CCCCC3)cc2)cc1S(=O)(=O)NCCc1ccccn1. The Labute approximate surface area is 220 Å². The monoisotopic (exact) mass is 542 g/mol. The number of benzene rings is 2. The van der Waals surface area contributed by atoms with E-state index in [9.17, 15) is 21.9 Å². The molecule has 0 saturated heterocycles. The van der Waals surface area contributed by atoms with Crippen molar-refractivity contribution in [2.45, 2.75) is 72.7 Å². The lowest BCUT2D eigenvalue weighted by atomic mass is 9.74. The summed E-state index contributed by atoms with van der Waals surface area (Å²) >= 11 is 0. The quantitative estimate of drug-likeness (QED) is 0.411. The molecular weight excluding hydrogens is 508 g/mol. The van der Waals surface area contributed by atoms with Crippen molar-refractivity contribution in [3.8, 4) is 0 Å². The molecule has 1 unspecified atom stereocenters. The number of hydrogen-bond donors (Lipinski definition) is 2. The predicted molar refractivity (Wildman–Crippen MR) is 142 cm³/mol. The number of sulfonamides is 1. The summed E-state index contributed by atoms with van der Waals surface area (Å²) in [6, 6.07) is 15.9. The fourth-order valence-electron chi connectivity index (χ4n) is 4.98. The van der Waals surface area contributed by atoms with E-state index in [0.29, 0.717) is 17.5 Å². The van der Waals surface area contributed by atoms with Gasteiger partial charge >= 0.3 is 0 Å². The van der Waals surface area contributed by atoms with Crippen molar-refractivity contribution in [1.29, 1.82) is 0 Å². The molecule has 2 N–H and O–H groups in total. The van der Waals surface area contributed by atoms with Crippen LogP contribution in [0.15, 0.2) is 81.5 Å². The van der Waals surface area contributed by atoms with Gasteiger partial charge in [-0.2, -0.15) is 0 Å². The highest BCUT2D eigenvalue weighted by Crippen LogP contribution is 2.39. The van der Waals surface area contributed by atoms with E-state index in [-0.39, 0.29) is 27.1 Å². The second kappa shape index (κ2) is 11.0. The number of sulfone groups is 1. The number of nitrogens with zero attached hydrogens (tertiary/aromatic N) is 1. The number of pyridine rings is 1. The molecule has 0 radical (unpaired) electrons. The third kappa shape index (κ3) is 6.12. The van der Waals surface area contributed by atoms with Crippen molar-refractivity contribution in [2.75, 3.05) is 6.54 Å². The lowest BCUT2D eigenvalue weighted by Gasteiger charge is -2.36. The van der Waals surface area contributed by atoms with Crippen LogP contribution in [0.2, 0.25) is 0 Å². The summed E-state index contributed by atoms with van der Waals surface area (Å²) in [4.78, 5) is 4.05. The molecule has 37 heavy (non-hydrogen) atoms. The molecule has 7 nitrogen and oxygen atoms in total. The summed E-state index contributed by atoms with van der Waals surface area (Å²) in [6.45, 7) is 3.56. The van der Waals surface area contributed by atoms with E-state index in [4.69, 9.17) is 0 Å². The van der Waals surface area contributed by atoms with E-state index < -0.39 is 25.5 Å². The molecular formula is C28H34N2O5S2. The minimum Gasteiger partial charge on any atom is -0.385 e. The average Bonchev–Trinajstić information content (AvgIpc) is 2.90. The van der Waals surface area contributed by atoms with E-state index in [0.717, 1.165) is 31.4 Å². The highest BCUT2D eigenvalue weighted by atomic mass is 32.2. The maximum atomic E-state index is 13.4. The molecule has 1 atom stereocenters. The molecule has 0 bridgehead atoms. The Hall–Kier alpha value is -2.59. The maximum Gasteiger partial charge on any atom is 0.240 e. The Morgan fingerprint density at radius 1 is 0.946 bits per heavy atom. The topological polar surface area (TPSA) is 113 Å². The first-order valence-corrected chi connectivity index (χ1v) is 15.6. The van der Waals surface area contributed by atoms with Gasteiger partial charge in [0.15, 0.2) is 0 Å². The van der Waals surface area contributed by atoms with Crippen molar-refractivity contribution in [1.82, 2.24) is 9.71 Å². The Morgan fingerprint density at radius 2 is 1.62 bits per heavy atom. The molecule has 1 aliphatic carbocycles. The summed E-state index contributed by atoms with van der Waals surface area (Å²) in [7, 11) is -7.91. The minimum absolute atomic E-state index is 0.0472. The van der Waals surface area contributed by atoms with Gasteiger partial charge in [-0.1, -0.05) is 43.5 Å². The van der Waals surface area contributed by atoms with Crippen LogP contribution in [0, 0.1) is 12.8 Å². The first-order valence-electron chi connectivity index (χ1n) is 12.6. The average molecular weight is 543 g/mol. The zero-order chi connectivity index (χ0) is 26.7. The maximum absolute atomic E-state index is 13.4. The molecule has 1 aromatic heterocycles. The van der Waals surface area contributed by atoms with E-state index in [1.54, 1.807) is 38.2 Å². The fourth-order valence-corrected chi connectivity index (χ4v) is 7.64. The Bertz CT molecular complexity index is 1430. The van der Waals surface area contributed by atoms with Gasteiger partial charge < -0.3 is 5.11 Å². The van der Waals surface area contributed by atoms with Gasteiger partial charge in [0.2, 0.25) is 19.9 Å². The molecule has 0 spiro atoms. The number of rotatable bonds is 9. The van der Waals surface area contributed by atoms with Crippen LogP contribution < -0.4 is 4.72 Å². The highest BCUT2D eigenvalue weighted by Gasteiger charge is 2.34. The van der Waals surface area contributed by atoms with Crippen LogP contribution in [-0.4, -0.2) is 33.5 Å². The van der Waals surface area contributed by atoms with Crippen molar-refractivity contribution in [3.05, 3.63) is 83.7 Å². The summed E-state index contributed by atoms with van der Waals surface area (Å²) in [5.74, 6) is 0.138. The molecule has 4 rings (SSSR count). The summed E-state index contributed by atoms with van der Waals surface area (Å²) in [5, 5.41) is 11.2. The zero-order valence-electron chi connectivity index (χ0n) is 21.2. The molecule has 0 aliphatic heterocycles. The van der Waals surface area contributed by atoms with Gasteiger partial charge in [0.1, 0.15) is 0 Å². The smallest absolute Gasteiger partial charge is 0.240 e. The van der Waals surface area contributed by atoms with Crippen LogP contribution in [-0.2, 0) is 31.9 Å². The van der Waals surface area contributed by atoms with Crippen LogP contribution >= 0.6 is 0 Å². The zero-order valence-corrected chi connectivity index (χ0v) is 22.9. The van der Waals surface area contributed by atoms with Crippen molar-refractivity contribution in [2.24, 2.45) is 5.92 Å². The van der Waals surface area contributed by atoms with E-state index >= 15 is 0 Å². The van der Waals surface area contributed by atoms with Gasteiger partial charge in [0.25, 0.3) is 0 Å². The second-order valence-corrected chi connectivity index (χ2v) is 13.6. The summed E-state index contributed by atoms with van der Waals surface area (Å²) in [5.41, 5.74) is 0.851. The Morgan fingerprint density at radius 3 is 2.27 bits per heavy atom. The van der Waals surface area contributed by atoms with Crippen molar-refractivity contribution < 1.29 is 21.9 Å². The van der Waals surface area contributed by atoms with Crippen LogP contribution in [0.1, 0.15) is 55.8 Å². The Kier molecular flexibility index (Phi) is 8.18. The van der Waals surface area contributed by atoms with Crippen LogP contribution in [0.4, 0.5) is 0 Å². The molecule has 9 heteroatoms. The van der Waals surface area contributed by atoms with Crippen LogP contribution in [0.5, 0.6) is 0 Å². The standard InChI is InChI=1S/C28H34N2O5S2/c1-21-11-14-26(20-27(21)37(34,35)30-19-17-24-10-6-7-18-29-24)36(32,33)25-15-12-23(13-16-25)28(2,31)22-8-4-3-5-9-22/h6-7,10-16,18,20,22,30-31H,3-5,8-9,17,19H2,1-2H3. The van der Waals surface area contributed by atoms with Crippen LogP contribution in [0.25, 0.3) is 0 Å². The molecule has 1 heterocycles. The number of aryl methyl sites for hydroxylation is 1. The molecule has 198 valence electrons. The number of nitrogens with one attached hydrogen (secondary N) is 1. The van der Waals surface area contributed by atoms with Gasteiger partial charge in [0, 0.05) is 24.9 Å². The van der Waals surface area contributed by atoms with Crippen molar-refractivity contribution >= 4 is 19.9 Å². The molecule has 1 saturated carbocycles. The number of aliphatic hydroxyl groups is 1.